The lowest BCUT2D eigenvalue weighted by atomic mass is 9.88. The zero-order valence-corrected chi connectivity index (χ0v) is 12.3. The Kier molecular flexibility index (Phi) is 5.47. The highest BCUT2D eigenvalue weighted by Crippen LogP contribution is 2.26. The molecule has 1 saturated heterocycles. The summed E-state index contributed by atoms with van der Waals surface area (Å²) in [4.78, 5) is 13.8. The second kappa shape index (κ2) is 6.46. The lowest BCUT2D eigenvalue weighted by Crippen LogP contribution is -2.56. The fraction of sp³-hybridized carbons (Fsp3) is 0.462. The van der Waals surface area contributed by atoms with Crippen LogP contribution in [0.3, 0.4) is 0 Å². The topological polar surface area (TPSA) is 55.6 Å². The largest absolute Gasteiger partial charge is 0.468 e. The molecule has 0 saturated carbocycles. The minimum atomic E-state index is -0.836. The second-order valence-corrected chi connectivity index (χ2v) is 5.05. The van der Waals surface area contributed by atoms with Gasteiger partial charge in [0.2, 0.25) is 0 Å². The van der Waals surface area contributed by atoms with Crippen LogP contribution in [0, 0.1) is 0 Å². The molecule has 19 heavy (non-hydrogen) atoms. The molecule has 6 heteroatoms. The summed E-state index contributed by atoms with van der Waals surface area (Å²) in [5.41, 5.74) is 6.32. The highest BCUT2D eigenvalue weighted by Gasteiger charge is 2.38. The Morgan fingerprint density at radius 1 is 1.32 bits per heavy atom. The molecule has 1 aliphatic rings. The van der Waals surface area contributed by atoms with Gasteiger partial charge in [0, 0.05) is 23.8 Å². The van der Waals surface area contributed by atoms with Crippen molar-refractivity contribution in [2.75, 3.05) is 25.1 Å². The van der Waals surface area contributed by atoms with Crippen molar-refractivity contribution in [3.63, 3.8) is 0 Å². The van der Waals surface area contributed by atoms with Crippen molar-refractivity contribution in [2.24, 2.45) is 5.73 Å². The van der Waals surface area contributed by atoms with Gasteiger partial charge in [0.1, 0.15) is 5.54 Å². The van der Waals surface area contributed by atoms with E-state index in [2.05, 4.69) is 4.90 Å². The lowest BCUT2D eigenvalue weighted by molar-refractivity contribution is -0.147. The summed E-state index contributed by atoms with van der Waals surface area (Å²) >= 11 is 5.86. The minimum Gasteiger partial charge on any atom is -0.468 e. The maximum Gasteiger partial charge on any atom is 0.325 e. The molecule has 0 atom stereocenters. The van der Waals surface area contributed by atoms with Gasteiger partial charge in [-0.1, -0.05) is 11.6 Å². The average molecular weight is 305 g/mol. The van der Waals surface area contributed by atoms with Crippen molar-refractivity contribution in [1.82, 2.24) is 0 Å². The number of ether oxygens (including phenoxy) is 1. The van der Waals surface area contributed by atoms with E-state index in [0.717, 1.165) is 23.8 Å². The number of esters is 1. The van der Waals surface area contributed by atoms with Gasteiger partial charge < -0.3 is 15.4 Å². The molecular weight excluding hydrogens is 287 g/mol. The Balaban J connectivity index is 0.00000180. The summed E-state index contributed by atoms with van der Waals surface area (Å²) in [6, 6.07) is 7.68. The third-order valence-electron chi connectivity index (χ3n) is 3.44. The van der Waals surface area contributed by atoms with Crippen LogP contribution < -0.4 is 10.6 Å². The maximum absolute atomic E-state index is 11.6. The molecule has 0 aliphatic carbocycles. The summed E-state index contributed by atoms with van der Waals surface area (Å²) in [5, 5.41) is 0.721. The number of benzene rings is 1. The molecule has 1 fully saturated rings. The highest BCUT2D eigenvalue weighted by molar-refractivity contribution is 6.30. The normalized spacial score (nSPS) is 17.5. The number of methoxy groups -OCH3 is 1. The zero-order chi connectivity index (χ0) is 13.2. The number of piperidine rings is 1. The van der Waals surface area contributed by atoms with Gasteiger partial charge in [0.05, 0.1) is 7.11 Å². The highest BCUT2D eigenvalue weighted by atomic mass is 35.5. The van der Waals surface area contributed by atoms with E-state index >= 15 is 0 Å². The van der Waals surface area contributed by atoms with Crippen LogP contribution >= 0.6 is 24.0 Å². The number of nitrogens with zero attached hydrogens (tertiary/aromatic N) is 1. The Bertz CT molecular complexity index is 429. The number of halogens is 2. The first-order valence-corrected chi connectivity index (χ1v) is 6.31. The molecule has 2 rings (SSSR count). The van der Waals surface area contributed by atoms with Crippen molar-refractivity contribution in [3.8, 4) is 0 Å². The summed E-state index contributed by atoms with van der Waals surface area (Å²) in [6.45, 7) is 1.49. The Labute approximate surface area is 124 Å². The number of carbonyl (C=O) groups is 1. The fourth-order valence-electron chi connectivity index (χ4n) is 2.22. The molecule has 0 aromatic heterocycles. The van der Waals surface area contributed by atoms with Crippen molar-refractivity contribution < 1.29 is 9.53 Å². The van der Waals surface area contributed by atoms with Crippen LogP contribution in [0.2, 0.25) is 5.02 Å². The van der Waals surface area contributed by atoms with Crippen LogP contribution in [0.4, 0.5) is 5.69 Å². The number of nitrogens with two attached hydrogens (primary N) is 1. The zero-order valence-electron chi connectivity index (χ0n) is 10.8. The van der Waals surface area contributed by atoms with E-state index in [1.165, 1.54) is 7.11 Å². The van der Waals surface area contributed by atoms with Gasteiger partial charge in [-0.2, -0.15) is 0 Å². The molecule has 0 bridgehead atoms. The summed E-state index contributed by atoms with van der Waals surface area (Å²) < 4.78 is 4.75. The van der Waals surface area contributed by atoms with Crippen LogP contribution in [-0.4, -0.2) is 31.7 Å². The predicted octanol–water partition coefficient (Wildman–Crippen LogP) is 2.23. The number of hydrogen-bond acceptors (Lipinski definition) is 4. The quantitative estimate of drug-likeness (QED) is 0.851. The third-order valence-corrected chi connectivity index (χ3v) is 3.69. The molecular formula is C13H18Cl2N2O2. The van der Waals surface area contributed by atoms with E-state index in [4.69, 9.17) is 22.1 Å². The van der Waals surface area contributed by atoms with Crippen molar-refractivity contribution in [3.05, 3.63) is 29.3 Å². The molecule has 2 N–H and O–H groups in total. The molecule has 4 nitrogen and oxygen atoms in total. The first-order chi connectivity index (χ1) is 8.55. The fourth-order valence-corrected chi connectivity index (χ4v) is 2.35. The van der Waals surface area contributed by atoms with E-state index in [9.17, 15) is 4.79 Å². The third kappa shape index (κ3) is 3.53. The van der Waals surface area contributed by atoms with Gasteiger partial charge in [-0.3, -0.25) is 4.79 Å². The number of rotatable bonds is 2. The smallest absolute Gasteiger partial charge is 0.325 e. The second-order valence-electron chi connectivity index (χ2n) is 4.61. The van der Waals surface area contributed by atoms with Gasteiger partial charge >= 0.3 is 5.97 Å². The van der Waals surface area contributed by atoms with Crippen molar-refractivity contribution >= 4 is 35.7 Å². The minimum absolute atomic E-state index is 0. The first-order valence-electron chi connectivity index (χ1n) is 5.93. The molecule has 1 aromatic carbocycles. The molecule has 0 radical (unpaired) electrons. The van der Waals surface area contributed by atoms with Crippen LogP contribution in [-0.2, 0) is 9.53 Å². The van der Waals surface area contributed by atoms with Gasteiger partial charge in [-0.05, 0) is 37.1 Å². The lowest BCUT2D eigenvalue weighted by Gasteiger charge is -2.38. The van der Waals surface area contributed by atoms with Crippen LogP contribution in [0.5, 0.6) is 0 Å². The van der Waals surface area contributed by atoms with E-state index in [-0.39, 0.29) is 18.4 Å². The Morgan fingerprint density at radius 2 is 1.84 bits per heavy atom. The standard InChI is InChI=1S/C13H17ClN2O2.ClH/c1-18-12(17)13(15)6-8-16(9-7-13)11-4-2-10(14)3-5-11;/h2-5H,6-9,15H2,1H3;1H. The molecule has 0 spiro atoms. The average Bonchev–Trinajstić information content (AvgIpc) is 2.40. The van der Waals surface area contributed by atoms with E-state index in [0.29, 0.717) is 12.8 Å². The molecule has 0 amide bonds. The molecule has 106 valence electrons. The monoisotopic (exact) mass is 304 g/mol. The Morgan fingerprint density at radius 3 is 2.32 bits per heavy atom. The van der Waals surface area contributed by atoms with E-state index < -0.39 is 5.54 Å². The summed E-state index contributed by atoms with van der Waals surface area (Å²) in [7, 11) is 1.38. The van der Waals surface area contributed by atoms with E-state index in [1.54, 1.807) is 0 Å². The summed E-state index contributed by atoms with van der Waals surface area (Å²) in [6.07, 6.45) is 1.20. The molecule has 1 aromatic rings. The number of carbonyl (C=O) groups excluding carboxylic acids is 1. The number of hydrogen-bond donors (Lipinski definition) is 1. The van der Waals surface area contributed by atoms with Crippen LogP contribution in [0.1, 0.15) is 12.8 Å². The van der Waals surface area contributed by atoms with Crippen LogP contribution in [0.15, 0.2) is 24.3 Å². The molecule has 1 aliphatic heterocycles. The van der Waals surface area contributed by atoms with Gasteiger partial charge in [-0.25, -0.2) is 0 Å². The van der Waals surface area contributed by atoms with Gasteiger partial charge in [0.25, 0.3) is 0 Å². The van der Waals surface area contributed by atoms with Crippen LogP contribution in [0.25, 0.3) is 0 Å². The van der Waals surface area contributed by atoms with Crippen molar-refractivity contribution in [2.45, 2.75) is 18.4 Å². The van der Waals surface area contributed by atoms with Gasteiger partial charge in [0.15, 0.2) is 0 Å². The maximum atomic E-state index is 11.6. The first kappa shape index (κ1) is 16.1. The van der Waals surface area contributed by atoms with Crippen molar-refractivity contribution in [1.29, 1.82) is 0 Å². The Hall–Kier alpha value is -0.970. The summed E-state index contributed by atoms with van der Waals surface area (Å²) in [5.74, 6) is -0.321. The molecule has 1 heterocycles. The number of anilines is 1. The SMILES string of the molecule is COC(=O)C1(N)CCN(c2ccc(Cl)cc2)CC1.Cl. The van der Waals surface area contributed by atoms with Gasteiger partial charge in [-0.15, -0.1) is 12.4 Å². The van der Waals surface area contributed by atoms with E-state index in [1.807, 2.05) is 24.3 Å². The molecule has 0 unspecified atom stereocenters. The predicted molar refractivity (Wildman–Crippen MR) is 79.1 cm³/mol.